The molecule has 0 aliphatic carbocycles. The number of aromatic nitrogens is 2. The highest BCUT2D eigenvalue weighted by atomic mass is 16.4. The van der Waals surface area contributed by atoms with Gasteiger partial charge in [0.2, 0.25) is 0 Å². The summed E-state index contributed by atoms with van der Waals surface area (Å²) in [6.45, 7) is 6.48. The maximum absolute atomic E-state index is 11.1. The summed E-state index contributed by atoms with van der Waals surface area (Å²) >= 11 is 0. The van der Waals surface area contributed by atoms with Gasteiger partial charge in [-0.1, -0.05) is 13.0 Å². The molecule has 4 heteroatoms. The quantitative estimate of drug-likeness (QED) is 0.917. The number of rotatable bonds is 4. The van der Waals surface area contributed by atoms with Crippen LogP contribution in [0.4, 0.5) is 0 Å². The molecule has 4 nitrogen and oxygen atoms in total. The number of nitrogens with zero attached hydrogens (tertiary/aromatic N) is 2. The third-order valence-corrected chi connectivity index (χ3v) is 3.48. The Balaban J connectivity index is 2.41. The zero-order valence-corrected chi connectivity index (χ0v) is 11.5. The van der Waals surface area contributed by atoms with E-state index in [-0.39, 0.29) is 0 Å². The van der Waals surface area contributed by atoms with E-state index in [9.17, 15) is 4.79 Å². The summed E-state index contributed by atoms with van der Waals surface area (Å²) in [5.74, 6) is -0.879. The Bertz CT molecular complexity index is 615. The minimum absolute atomic E-state index is 0.367. The number of hydrogen-bond donors (Lipinski definition) is 1. The highest BCUT2D eigenvalue weighted by Crippen LogP contribution is 2.18. The number of carboxylic acid groups (broad SMARTS) is 1. The van der Waals surface area contributed by atoms with Crippen LogP contribution in [0, 0.1) is 13.8 Å². The van der Waals surface area contributed by atoms with Gasteiger partial charge in [-0.2, -0.15) is 0 Å². The molecule has 0 radical (unpaired) electrons. The molecule has 0 amide bonds. The Kier molecular flexibility index (Phi) is 3.69. The van der Waals surface area contributed by atoms with Crippen LogP contribution in [-0.4, -0.2) is 20.6 Å². The number of pyridine rings is 1. The van der Waals surface area contributed by atoms with Crippen molar-refractivity contribution in [3.8, 4) is 0 Å². The smallest absolute Gasteiger partial charge is 0.337 e. The van der Waals surface area contributed by atoms with E-state index in [1.54, 1.807) is 12.3 Å². The average Bonchev–Trinajstić information content (AvgIpc) is 2.67. The molecule has 0 spiro atoms. The van der Waals surface area contributed by atoms with Gasteiger partial charge in [-0.15, -0.1) is 0 Å². The van der Waals surface area contributed by atoms with Crippen LogP contribution in [0.3, 0.4) is 0 Å². The van der Waals surface area contributed by atoms with Crippen LogP contribution in [0.5, 0.6) is 0 Å². The fourth-order valence-electron chi connectivity index (χ4n) is 2.35. The van der Waals surface area contributed by atoms with Crippen molar-refractivity contribution in [1.29, 1.82) is 0 Å². The number of carbonyl (C=O) groups is 1. The minimum atomic E-state index is -0.879. The van der Waals surface area contributed by atoms with E-state index in [0.717, 1.165) is 23.5 Å². The Morgan fingerprint density at radius 3 is 2.74 bits per heavy atom. The van der Waals surface area contributed by atoms with Gasteiger partial charge >= 0.3 is 5.97 Å². The molecule has 0 saturated carbocycles. The van der Waals surface area contributed by atoms with Gasteiger partial charge in [-0.25, -0.2) is 4.79 Å². The SMILES string of the molecule is CCc1cccnc1Cn1c(C)cc(C(=O)O)c1C. The summed E-state index contributed by atoms with van der Waals surface area (Å²) in [4.78, 5) is 15.5. The van der Waals surface area contributed by atoms with Crippen LogP contribution in [0.2, 0.25) is 0 Å². The van der Waals surface area contributed by atoms with Crippen molar-refractivity contribution < 1.29 is 9.90 Å². The lowest BCUT2D eigenvalue weighted by Crippen LogP contribution is -2.09. The van der Waals surface area contributed by atoms with Gasteiger partial charge in [0.15, 0.2) is 0 Å². The van der Waals surface area contributed by atoms with Crippen LogP contribution < -0.4 is 0 Å². The van der Waals surface area contributed by atoms with Gasteiger partial charge in [0.05, 0.1) is 17.8 Å². The highest BCUT2D eigenvalue weighted by Gasteiger charge is 2.15. The molecule has 1 N–H and O–H groups in total. The summed E-state index contributed by atoms with van der Waals surface area (Å²) < 4.78 is 2.00. The minimum Gasteiger partial charge on any atom is -0.478 e. The van der Waals surface area contributed by atoms with Gasteiger partial charge in [0, 0.05) is 17.6 Å². The van der Waals surface area contributed by atoms with Crippen LogP contribution in [-0.2, 0) is 13.0 Å². The van der Waals surface area contributed by atoms with Gasteiger partial charge < -0.3 is 9.67 Å². The topological polar surface area (TPSA) is 55.1 Å². The number of hydrogen-bond acceptors (Lipinski definition) is 2. The van der Waals surface area contributed by atoms with E-state index < -0.39 is 5.97 Å². The predicted molar refractivity (Wildman–Crippen MR) is 73.6 cm³/mol. The maximum atomic E-state index is 11.1. The zero-order valence-electron chi connectivity index (χ0n) is 11.5. The van der Waals surface area contributed by atoms with E-state index in [4.69, 9.17) is 5.11 Å². The van der Waals surface area contributed by atoms with Crippen molar-refractivity contribution in [2.24, 2.45) is 0 Å². The fraction of sp³-hybridized carbons (Fsp3) is 0.333. The first-order valence-corrected chi connectivity index (χ1v) is 6.37. The molecule has 0 bridgehead atoms. The monoisotopic (exact) mass is 258 g/mol. The maximum Gasteiger partial charge on any atom is 0.337 e. The first kappa shape index (κ1) is 13.3. The molecule has 2 aromatic rings. The van der Waals surface area contributed by atoms with Crippen LogP contribution >= 0.6 is 0 Å². The molecule has 0 aliphatic heterocycles. The number of carboxylic acids is 1. The van der Waals surface area contributed by atoms with E-state index in [0.29, 0.717) is 12.1 Å². The fourth-order valence-corrected chi connectivity index (χ4v) is 2.35. The standard InChI is InChI=1S/C15H18N2O2/c1-4-12-6-5-7-16-14(12)9-17-10(2)8-13(11(17)3)15(18)19/h5-8H,4,9H2,1-3H3,(H,18,19). The van der Waals surface area contributed by atoms with Gasteiger partial charge in [0.1, 0.15) is 0 Å². The molecular formula is C15H18N2O2. The van der Waals surface area contributed by atoms with Crippen molar-refractivity contribution in [3.63, 3.8) is 0 Å². The summed E-state index contributed by atoms with van der Waals surface area (Å²) in [5, 5.41) is 9.14. The lowest BCUT2D eigenvalue weighted by atomic mass is 10.1. The molecule has 0 aromatic carbocycles. The lowest BCUT2D eigenvalue weighted by molar-refractivity contribution is 0.0696. The summed E-state index contributed by atoms with van der Waals surface area (Å²) in [6, 6.07) is 5.71. The van der Waals surface area contributed by atoms with Gasteiger partial charge in [-0.3, -0.25) is 4.98 Å². The Labute approximate surface area is 112 Å². The van der Waals surface area contributed by atoms with Gasteiger partial charge in [-0.05, 0) is 38.0 Å². The summed E-state index contributed by atoms with van der Waals surface area (Å²) in [7, 11) is 0. The molecule has 100 valence electrons. The number of aryl methyl sites for hydroxylation is 2. The molecular weight excluding hydrogens is 240 g/mol. The first-order chi connectivity index (χ1) is 9.04. The third kappa shape index (κ3) is 2.52. The summed E-state index contributed by atoms with van der Waals surface area (Å²) in [6.07, 6.45) is 2.70. The normalized spacial score (nSPS) is 10.7. The van der Waals surface area contributed by atoms with E-state index in [1.807, 2.05) is 24.5 Å². The van der Waals surface area contributed by atoms with Crippen LogP contribution in [0.15, 0.2) is 24.4 Å². The second-order valence-corrected chi connectivity index (χ2v) is 4.64. The second-order valence-electron chi connectivity index (χ2n) is 4.64. The largest absolute Gasteiger partial charge is 0.478 e. The third-order valence-electron chi connectivity index (χ3n) is 3.48. The highest BCUT2D eigenvalue weighted by molar-refractivity contribution is 5.89. The molecule has 2 heterocycles. The molecule has 0 saturated heterocycles. The molecule has 0 unspecified atom stereocenters. The number of aromatic carboxylic acids is 1. The van der Waals surface area contributed by atoms with Crippen LogP contribution in [0.25, 0.3) is 0 Å². The molecule has 0 fully saturated rings. The lowest BCUT2D eigenvalue weighted by Gasteiger charge is -2.11. The van der Waals surface area contributed by atoms with E-state index in [2.05, 4.69) is 18.0 Å². The molecule has 2 aromatic heterocycles. The Morgan fingerprint density at radius 2 is 2.16 bits per heavy atom. The van der Waals surface area contributed by atoms with Crippen molar-refractivity contribution in [2.75, 3.05) is 0 Å². The average molecular weight is 258 g/mol. The summed E-state index contributed by atoms with van der Waals surface area (Å²) in [5.41, 5.74) is 4.29. The molecule has 0 aliphatic rings. The van der Waals surface area contributed by atoms with Crippen LogP contribution in [0.1, 0.15) is 39.9 Å². The van der Waals surface area contributed by atoms with Crippen molar-refractivity contribution in [2.45, 2.75) is 33.7 Å². The molecule has 19 heavy (non-hydrogen) atoms. The predicted octanol–water partition coefficient (Wildman–Crippen LogP) is 2.81. The van der Waals surface area contributed by atoms with Crippen molar-refractivity contribution >= 4 is 5.97 Å². The van der Waals surface area contributed by atoms with E-state index in [1.165, 1.54) is 5.56 Å². The van der Waals surface area contributed by atoms with Gasteiger partial charge in [0.25, 0.3) is 0 Å². The second kappa shape index (κ2) is 5.26. The van der Waals surface area contributed by atoms with E-state index >= 15 is 0 Å². The molecule has 0 atom stereocenters. The Hall–Kier alpha value is -2.10. The first-order valence-electron chi connectivity index (χ1n) is 6.37. The zero-order chi connectivity index (χ0) is 14.0. The van der Waals surface area contributed by atoms with Crippen molar-refractivity contribution in [1.82, 2.24) is 9.55 Å². The van der Waals surface area contributed by atoms with Crippen molar-refractivity contribution in [3.05, 3.63) is 52.6 Å². The Morgan fingerprint density at radius 1 is 1.42 bits per heavy atom. The molecule has 2 rings (SSSR count).